The third kappa shape index (κ3) is 2.23. The van der Waals surface area contributed by atoms with Gasteiger partial charge < -0.3 is 5.32 Å². The fraction of sp³-hybridized carbons (Fsp3) is 0.0909. The first-order chi connectivity index (χ1) is 7.85. The van der Waals surface area contributed by atoms with Crippen LogP contribution in [0.4, 0.5) is 0 Å². The number of hydrogen-bond acceptors (Lipinski definition) is 4. The van der Waals surface area contributed by atoms with Gasteiger partial charge in [0.1, 0.15) is 6.00 Å². The van der Waals surface area contributed by atoms with Crippen molar-refractivity contribution in [3.05, 3.63) is 40.4 Å². The lowest BCUT2D eigenvalue weighted by atomic mass is 10.2. The van der Waals surface area contributed by atoms with Gasteiger partial charge in [0.15, 0.2) is 0 Å². The van der Waals surface area contributed by atoms with Gasteiger partial charge in [-0.3, -0.25) is 9.98 Å². The van der Waals surface area contributed by atoms with E-state index in [9.17, 15) is 0 Å². The first-order valence-corrected chi connectivity index (χ1v) is 6.11. The van der Waals surface area contributed by atoms with E-state index in [1.165, 1.54) is 0 Å². The van der Waals surface area contributed by atoms with Crippen LogP contribution in [0.15, 0.2) is 44.8 Å². The van der Waals surface area contributed by atoms with Crippen molar-refractivity contribution in [2.45, 2.75) is 0 Å². The Kier molecular flexibility index (Phi) is 3.54. The number of alkyl halides is 1. The highest BCUT2D eigenvalue weighted by atomic mass is 35.5. The van der Waals surface area contributed by atoms with Gasteiger partial charge in [-0.05, 0) is 24.2 Å². The molecule has 0 aliphatic carbocycles. The number of nitrogens with zero attached hydrogens (tertiary/aromatic N) is 2. The highest BCUT2D eigenvalue weighted by Crippen LogP contribution is 2.22. The molecule has 1 N–H and O–H groups in total. The van der Waals surface area contributed by atoms with Gasteiger partial charge in [0.05, 0.1) is 17.6 Å². The summed E-state index contributed by atoms with van der Waals surface area (Å²) in [7, 11) is 0. The van der Waals surface area contributed by atoms with Crippen molar-refractivity contribution in [2.75, 3.05) is 6.00 Å². The molecule has 0 amide bonds. The van der Waals surface area contributed by atoms with Crippen LogP contribution in [0, 0.1) is 0 Å². The largest absolute Gasteiger partial charge is 0.352 e. The summed E-state index contributed by atoms with van der Waals surface area (Å²) in [6.45, 7) is 3.43. The second-order valence-corrected chi connectivity index (χ2v) is 4.10. The molecule has 1 aliphatic heterocycles. The Balaban J connectivity index is 2.32. The Hall–Kier alpha value is -1.39. The summed E-state index contributed by atoms with van der Waals surface area (Å²) in [5, 5.41) is 7.34. The van der Waals surface area contributed by atoms with Crippen molar-refractivity contribution in [2.24, 2.45) is 9.98 Å². The van der Waals surface area contributed by atoms with E-state index in [2.05, 4.69) is 27.4 Å². The van der Waals surface area contributed by atoms with Crippen LogP contribution in [-0.4, -0.2) is 18.4 Å². The number of rotatable bonds is 3. The molecule has 0 fully saturated rings. The summed E-state index contributed by atoms with van der Waals surface area (Å²) in [4.78, 5) is 7.91. The van der Waals surface area contributed by atoms with Crippen molar-refractivity contribution in [1.82, 2.24) is 5.32 Å². The molecule has 2 heterocycles. The number of thiophene rings is 1. The van der Waals surface area contributed by atoms with Crippen molar-refractivity contribution >= 4 is 41.1 Å². The first kappa shape index (κ1) is 11.1. The molecule has 16 heavy (non-hydrogen) atoms. The number of aliphatic imine (C=N–C) groups is 2. The molecule has 0 unspecified atom stereocenters. The second-order valence-electron chi connectivity index (χ2n) is 3.08. The topological polar surface area (TPSA) is 36.8 Å². The molecule has 0 aromatic carbocycles. The van der Waals surface area contributed by atoms with Gasteiger partial charge >= 0.3 is 0 Å². The van der Waals surface area contributed by atoms with Crippen LogP contribution < -0.4 is 5.32 Å². The smallest absolute Gasteiger partial charge is 0.114 e. The quantitative estimate of drug-likeness (QED) is 0.501. The van der Waals surface area contributed by atoms with Gasteiger partial charge in [0, 0.05) is 16.6 Å². The molecule has 1 aliphatic rings. The molecule has 1 aromatic heterocycles. The number of nitrogens with one attached hydrogen (secondary N) is 1. The van der Waals surface area contributed by atoms with Crippen LogP contribution in [0.3, 0.4) is 0 Å². The standard InChI is InChI=1S/C11H10ClN3S/c1-13-5-11-10(14-7-12)4-9(15-11)8-2-3-16-6-8/h2-6,15H,1,7H2/b11-5+,14-10-. The van der Waals surface area contributed by atoms with E-state index in [1.54, 1.807) is 17.5 Å². The average Bonchev–Trinajstić information content (AvgIpc) is 2.89. The van der Waals surface area contributed by atoms with Crippen molar-refractivity contribution < 1.29 is 0 Å². The third-order valence-corrected chi connectivity index (χ3v) is 2.91. The molecule has 0 spiro atoms. The lowest BCUT2D eigenvalue weighted by Crippen LogP contribution is -2.08. The Labute approximate surface area is 103 Å². The molecule has 82 valence electrons. The molecular weight excluding hydrogens is 242 g/mol. The lowest BCUT2D eigenvalue weighted by molar-refractivity contribution is 1.17. The van der Waals surface area contributed by atoms with Crippen molar-refractivity contribution in [3.63, 3.8) is 0 Å². The summed E-state index contributed by atoms with van der Waals surface area (Å²) in [6, 6.07) is 2.28. The Bertz CT molecular complexity index is 471. The van der Waals surface area contributed by atoms with E-state index in [0.717, 1.165) is 22.7 Å². The second kappa shape index (κ2) is 5.09. The predicted octanol–water partition coefficient (Wildman–Crippen LogP) is 2.87. The number of allylic oxidation sites excluding steroid dienone is 1. The third-order valence-electron chi connectivity index (χ3n) is 2.11. The lowest BCUT2D eigenvalue weighted by Gasteiger charge is -2.02. The van der Waals surface area contributed by atoms with Gasteiger partial charge in [0.2, 0.25) is 0 Å². The summed E-state index contributed by atoms with van der Waals surface area (Å²) in [5.41, 5.74) is 3.79. The maximum atomic E-state index is 5.60. The van der Waals surface area contributed by atoms with E-state index in [4.69, 9.17) is 11.6 Å². The van der Waals surface area contributed by atoms with Crippen LogP contribution in [0.1, 0.15) is 5.56 Å². The molecule has 0 bridgehead atoms. The highest BCUT2D eigenvalue weighted by Gasteiger charge is 2.16. The van der Waals surface area contributed by atoms with E-state index in [0.29, 0.717) is 0 Å². The molecule has 0 radical (unpaired) electrons. The van der Waals surface area contributed by atoms with Crippen molar-refractivity contribution in [3.8, 4) is 0 Å². The molecule has 0 atom stereocenters. The van der Waals surface area contributed by atoms with E-state index >= 15 is 0 Å². The van der Waals surface area contributed by atoms with E-state index < -0.39 is 0 Å². The van der Waals surface area contributed by atoms with Crippen LogP contribution in [0.2, 0.25) is 0 Å². The summed E-state index contributed by atoms with van der Waals surface area (Å²) in [5.74, 6) is 0. The minimum Gasteiger partial charge on any atom is -0.352 e. The maximum absolute atomic E-state index is 5.60. The zero-order chi connectivity index (χ0) is 11.4. The fourth-order valence-corrected chi connectivity index (χ4v) is 2.20. The monoisotopic (exact) mass is 251 g/mol. The minimum absolute atomic E-state index is 0.235. The molecule has 3 nitrogen and oxygen atoms in total. The fourth-order valence-electron chi connectivity index (χ4n) is 1.42. The van der Waals surface area contributed by atoms with Crippen molar-refractivity contribution in [1.29, 1.82) is 0 Å². The number of hydrogen-bond donors (Lipinski definition) is 1. The Morgan fingerprint density at radius 1 is 1.56 bits per heavy atom. The predicted molar refractivity (Wildman–Crippen MR) is 71.2 cm³/mol. The zero-order valence-electron chi connectivity index (χ0n) is 8.48. The van der Waals surface area contributed by atoms with Gasteiger partial charge in [-0.15, -0.1) is 11.6 Å². The Morgan fingerprint density at radius 3 is 3.06 bits per heavy atom. The van der Waals surface area contributed by atoms with Crippen LogP contribution >= 0.6 is 22.9 Å². The van der Waals surface area contributed by atoms with Crippen LogP contribution in [-0.2, 0) is 0 Å². The molecule has 0 saturated heterocycles. The van der Waals surface area contributed by atoms with Crippen LogP contribution in [0.25, 0.3) is 5.70 Å². The zero-order valence-corrected chi connectivity index (χ0v) is 10.1. The van der Waals surface area contributed by atoms with E-state index in [-0.39, 0.29) is 6.00 Å². The van der Waals surface area contributed by atoms with Gasteiger partial charge in [-0.1, -0.05) is 0 Å². The summed E-state index contributed by atoms with van der Waals surface area (Å²) in [6.07, 6.45) is 3.60. The van der Waals surface area contributed by atoms with Gasteiger partial charge in [-0.2, -0.15) is 11.3 Å². The first-order valence-electron chi connectivity index (χ1n) is 4.63. The molecule has 1 aromatic rings. The number of halogens is 1. The maximum Gasteiger partial charge on any atom is 0.114 e. The SMILES string of the molecule is C=N/C=C1/NC(c2ccsc2)=C/C1=N/CCl. The highest BCUT2D eigenvalue weighted by molar-refractivity contribution is 7.08. The summed E-state index contributed by atoms with van der Waals surface area (Å²) >= 11 is 7.26. The normalized spacial score (nSPS) is 19.9. The van der Waals surface area contributed by atoms with Gasteiger partial charge in [0.25, 0.3) is 0 Å². The molecule has 2 rings (SSSR count). The molecule has 5 heteroatoms. The minimum atomic E-state index is 0.235. The van der Waals surface area contributed by atoms with Crippen LogP contribution in [0.5, 0.6) is 0 Å². The molecule has 0 saturated carbocycles. The Morgan fingerprint density at radius 2 is 2.44 bits per heavy atom. The summed E-state index contributed by atoms with van der Waals surface area (Å²) < 4.78 is 0. The average molecular weight is 252 g/mol. The van der Waals surface area contributed by atoms with E-state index in [1.807, 2.05) is 17.5 Å². The van der Waals surface area contributed by atoms with Gasteiger partial charge in [-0.25, -0.2) is 0 Å². The molecular formula is C11H10ClN3S.